The number of ether oxygens (including phenoxy) is 1. The predicted molar refractivity (Wildman–Crippen MR) is 106 cm³/mol. The Morgan fingerprint density at radius 2 is 2.00 bits per heavy atom. The molecule has 130 valence electrons. The second-order valence-electron chi connectivity index (χ2n) is 5.96. The molecule has 0 aliphatic rings. The number of nitrogens with two attached hydrogens (primary N) is 1. The number of nitrogens with zero attached hydrogens (tertiary/aromatic N) is 2. The Kier molecular flexibility index (Phi) is 5.06. The molecule has 0 saturated carbocycles. The zero-order valence-corrected chi connectivity index (χ0v) is 16.6. The van der Waals surface area contributed by atoms with Crippen LogP contribution >= 0.6 is 27.5 Å². The molecule has 3 aromatic rings. The average Bonchev–Trinajstić information content (AvgIpc) is 2.83. The molecule has 4 nitrogen and oxygen atoms in total. The van der Waals surface area contributed by atoms with Crippen LogP contribution in [0.1, 0.15) is 16.7 Å². The highest BCUT2D eigenvalue weighted by Crippen LogP contribution is 2.31. The first kappa shape index (κ1) is 17.8. The van der Waals surface area contributed by atoms with E-state index < -0.39 is 0 Å². The Labute approximate surface area is 160 Å². The molecule has 0 aliphatic carbocycles. The number of nitrogen functional groups attached to an aromatic ring is 1. The minimum Gasteiger partial charge on any atom is -0.489 e. The molecule has 0 bridgehead atoms. The minimum absolute atomic E-state index is 0.405. The zero-order chi connectivity index (χ0) is 18.1. The van der Waals surface area contributed by atoms with Crippen LogP contribution in [0.2, 0.25) is 5.15 Å². The molecule has 0 atom stereocenters. The third-order valence-corrected chi connectivity index (χ3v) is 5.45. The van der Waals surface area contributed by atoms with Gasteiger partial charge in [0.2, 0.25) is 0 Å². The van der Waals surface area contributed by atoms with Crippen LogP contribution in [0.5, 0.6) is 5.75 Å². The molecule has 0 unspecified atom stereocenters. The molecule has 2 N–H and O–H groups in total. The van der Waals surface area contributed by atoms with Crippen molar-refractivity contribution in [2.24, 2.45) is 7.05 Å². The number of benzene rings is 2. The highest BCUT2D eigenvalue weighted by atomic mass is 79.9. The fourth-order valence-electron chi connectivity index (χ4n) is 2.72. The Morgan fingerprint density at radius 3 is 2.60 bits per heavy atom. The van der Waals surface area contributed by atoms with Crippen molar-refractivity contribution in [3.8, 4) is 17.0 Å². The Balaban J connectivity index is 1.84. The molecule has 0 radical (unpaired) electrons. The predicted octanol–water partition coefficient (Wildman–Crippen LogP) is 5.28. The van der Waals surface area contributed by atoms with Crippen molar-refractivity contribution < 1.29 is 4.74 Å². The molecule has 6 heteroatoms. The number of rotatable bonds is 4. The standard InChI is InChI=1S/C19H19BrClN3O/c1-11-9-13(18-12(2)19(21)24(3)23-18)7-8-17(11)25-10-14-15(20)5-4-6-16(14)22/h4-9H,10,22H2,1-3H3. The highest BCUT2D eigenvalue weighted by molar-refractivity contribution is 9.10. The fourth-order valence-corrected chi connectivity index (χ4v) is 3.34. The summed E-state index contributed by atoms with van der Waals surface area (Å²) in [7, 11) is 1.84. The van der Waals surface area contributed by atoms with Crippen molar-refractivity contribution >= 4 is 33.2 Å². The summed E-state index contributed by atoms with van der Waals surface area (Å²) < 4.78 is 8.60. The van der Waals surface area contributed by atoms with Crippen LogP contribution in [0.15, 0.2) is 40.9 Å². The first-order chi connectivity index (χ1) is 11.9. The summed E-state index contributed by atoms with van der Waals surface area (Å²) in [5.41, 5.74) is 11.6. The second kappa shape index (κ2) is 7.10. The summed E-state index contributed by atoms with van der Waals surface area (Å²) in [5, 5.41) is 5.14. The number of halogens is 2. The van der Waals surface area contributed by atoms with Gasteiger partial charge in [-0.05, 0) is 49.7 Å². The quantitative estimate of drug-likeness (QED) is 0.584. The maximum Gasteiger partial charge on any atom is 0.130 e. The van der Waals surface area contributed by atoms with Gasteiger partial charge >= 0.3 is 0 Å². The van der Waals surface area contributed by atoms with Crippen molar-refractivity contribution in [3.63, 3.8) is 0 Å². The van der Waals surface area contributed by atoms with Gasteiger partial charge in [0.25, 0.3) is 0 Å². The molecule has 25 heavy (non-hydrogen) atoms. The third kappa shape index (κ3) is 3.53. The average molecular weight is 421 g/mol. The van der Waals surface area contributed by atoms with E-state index in [1.165, 1.54) is 0 Å². The Hall–Kier alpha value is -1.98. The highest BCUT2D eigenvalue weighted by Gasteiger charge is 2.14. The lowest BCUT2D eigenvalue weighted by Crippen LogP contribution is -2.02. The van der Waals surface area contributed by atoms with Crippen molar-refractivity contribution in [2.45, 2.75) is 20.5 Å². The van der Waals surface area contributed by atoms with Gasteiger partial charge in [-0.15, -0.1) is 0 Å². The molecule has 3 rings (SSSR count). The Morgan fingerprint density at radius 1 is 1.24 bits per heavy atom. The summed E-state index contributed by atoms with van der Waals surface area (Å²) in [4.78, 5) is 0. The van der Waals surface area contributed by atoms with Crippen LogP contribution in [0.25, 0.3) is 11.3 Å². The van der Waals surface area contributed by atoms with Crippen LogP contribution in [-0.4, -0.2) is 9.78 Å². The van der Waals surface area contributed by atoms with Gasteiger partial charge in [-0.2, -0.15) is 5.10 Å². The van der Waals surface area contributed by atoms with E-state index in [9.17, 15) is 0 Å². The molecule has 0 saturated heterocycles. The first-order valence-corrected chi connectivity index (χ1v) is 9.01. The van der Waals surface area contributed by atoms with Gasteiger partial charge < -0.3 is 10.5 Å². The monoisotopic (exact) mass is 419 g/mol. The summed E-state index contributed by atoms with van der Waals surface area (Å²) in [6, 6.07) is 11.7. The van der Waals surface area contributed by atoms with E-state index in [0.29, 0.717) is 17.4 Å². The molecular formula is C19H19BrClN3O. The number of hydrogen-bond donors (Lipinski definition) is 1. The number of aryl methyl sites for hydroxylation is 2. The lowest BCUT2D eigenvalue weighted by atomic mass is 10.1. The number of aromatic nitrogens is 2. The van der Waals surface area contributed by atoms with E-state index in [0.717, 1.165) is 38.2 Å². The summed E-state index contributed by atoms with van der Waals surface area (Å²) in [6.07, 6.45) is 0. The number of anilines is 1. The third-order valence-electron chi connectivity index (χ3n) is 4.17. The first-order valence-electron chi connectivity index (χ1n) is 7.84. The van der Waals surface area contributed by atoms with Crippen molar-refractivity contribution in [1.29, 1.82) is 0 Å². The lowest BCUT2D eigenvalue weighted by molar-refractivity contribution is 0.304. The summed E-state index contributed by atoms with van der Waals surface area (Å²) in [5.74, 6) is 0.818. The Bertz CT molecular complexity index is 916. The number of hydrogen-bond acceptors (Lipinski definition) is 3. The minimum atomic E-state index is 0.405. The van der Waals surface area contributed by atoms with Gasteiger partial charge in [-0.25, -0.2) is 0 Å². The van der Waals surface area contributed by atoms with Gasteiger partial charge in [0.15, 0.2) is 0 Å². The molecule has 1 heterocycles. The van der Waals surface area contributed by atoms with E-state index in [2.05, 4.69) is 27.1 Å². The van der Waals surface area contributed by atoms with Crippen LogP contribution in [0.3, 0.4) is 0 Å². The lowest BCUT2D eigenvalue weighted by Gasteiger charge is -2.13. The largest absolute Gasteiger partial charge is 0.489 e. The van der Waals surface area contributed by atoms with Gasteiger partial charge in [-0.1, -0.05) is 33.6 Å². The molecule has 0 aliphatic heterocycles. The zero-order valence-electron chi connectivity index (χ0n) is 14.3. The smallest absolute Gasteiger partial charge is 0.130 e. The fraction of sp³-hybridized carbons (Fsp3) is 0.211. The normalized spacial score (nSPS) is 10.9. The van der Waals surface area contributed by atoms with Gasteiger partial charge in [0.1, 0.15) is 17.5 Å². The van der Waals surface area contributed by atoms with Crippen molar-refractivity contribution in [1.82, 2.24) is 9.78 Å². The van der Waals surface area contributed by atoms with E-state index in [1.807, 2.05) is 51.2 Å². The van der Waals surface area contributed by atoms with Crippen LogP contribution in [0.4, 0.5) is 5.69 Å². The maximum atomic E-state index is 6.23. The molecule has 0 spiro atoms. The van der Waals surface area contributed by atoms with E-state index in [-0.39, 0.29) is 0 Å². The molecule has 0 fully saturated rings. The molecule has 2 aromatic carbocycles. The summed E-state index contributed by atoms with van der Waals surface area (Å²) in [6.45, 7) is 4.39. The van der Waals surface area contributed by atoms with Gasteiger partial charge in [0.05, 0.1) is 5.69 Å². The van der Waals surface area contributed by atoms with E-state index in [1.54, 1.807) is 4.68 Å². The van der Waals surface area contributed by atoms with Crippen molar-refractivity contribution in [2.75, 3.05) is 5.73 Å². The van der Waals surface area contributed by atoms with Crippen LogP contribution in [-0.2, 0) is 13.7 Å². The SMILES string of the molecule is Cc1cc(-c2nn(C)c(Cl)c2C)ccc1OCc1c(N)cccc1Br. The molecule has 0 amide bonds. The van der Waals surface area contributed by atoms with E-state index in [4.69, 9.17) is 22.1 Å². The van der Waals surface area contributed by atoms with Crippen LogP contribution in [0, 0.1) is 13.8 Å². The van der Waals surface area contributed by atoms with Crippen molar-refractivity contribution in [3.05, 3.63) is 62.7 Å². The molecular weight excluding hydrogens is 402 g/mol. The van der Waals surface area contributed by atoms with Gasteiger partial charge in [-0.3, -0.25) is 4.68 Å². The topological polar surface area (TPSA) is 53.1 Å². The molecule has 1 aromatic heterocycles. The summed E-state index contributed by atoms with van der Waals surface area (Å²) >= 11 is 9.74. The van der Waals surface area contributed by atoms with Gasteiger partial charge in [0, 0.05) is 33.9 Å². The van der Waals surface area contributed by atoms with Crippen LogP contribution < -0.4 is 10.5 Å². The second-order valence-corrected chi connectivity index (χ2v) is 7.18. The van der Waals surface area contributed by atoms with E-state index >= 15 is 0 Å². The maximum absolute atomic E-state index is 6.23.